The average molecular weight is 342 g/mol. The summed E-state index contributed by atoms with van der Waals surface area (Å²) in [6, 6.07) is 3.99. The molecule has 1 aliphatic heterocycles. The van der Waals surface area contributed by atoms with Crippen LogP contribution in [-0.4, -0.2) is 63.3 Å². The molecule has 1 unspecified atom stereocenters. The van der Waals surface area contributed by atoms with Gasteiger partial charge in [-0.05, 0) is 37.6 Å². The quantitative estimate of drug-likeness (QED) is 0.790. The van der Waals surface area contributed by atoms with Crippen molar-refractivity contribution in [1.29, 1.82) is 0 Å². The molecule has 8 heteroatoms. The first-order valence-electron chi connectivity index (χ1n) is 7.47. The van der Waals surface area contributed by atoms with Gasteiger partial charge in [0.2, 0.25) is 10.0 Å². The molecule has 1 fully saturated rings. The second kappa shape index (κ2) is 7.39. The zero-order chi connectivity index (χ0) is 17.0. The molecule has 1 aromatic rings. The van der Waals surface area contributed by atoms with Crippen LogP contribution in [0.1, 0.15) is 22.8 Å². The Kier molecular flexibility index (Phi) is 5.74. The van der Waals surface area contributed by atoms with E-state index in [9.17, 15) is 13.2 Å². The maximum Gasteiger partial charge on any atom is 0.335 e. The Morgan fingerprint density at radius 2 is 2.22 bits per heavy atom. The van der Waals surface area contributed by atoms with Gasteiger partial charge in [-0.25, -0.2) is 17.9 Å². The first kappa shape index (κ1) is 17.9. The topological polar surface area (TPSA) is 95.9 Å². The number of benzene rings is 1. The van der Waals surface area contributed by atoms with Crippen LogP contribution in [0.25, 0.3) is 0 Å². The summed E-state index contributed by atoms with van der Waals surface area (Å²) in [6.07, 6.45) is 0.158. The lowest BCUT2D eigenvalue weighted by Crippen LogP contribution is -2.44. The largest absolute Gasteiger partial charge is 0.478 e. The van der Waals surface area contributed by atoms with E-state index in [4.69, 9.17) is 9.84 Å². The van der Waals surface area contributed by atoms with Gasteiger partial charge in [-0.15, -0.1) is 0 Å². The molecule has 2 N–H and O–H groups in total. The van der Waals surface area contributed by atoms with Gasteiger partial charge in [0.05, 0.1) is 23.2 Å². The van der Waals surface area contributed by atoms with Crippen LogP contribution < -0.4 is 4.72 Å². The van der Waals surface area contributed by atoms with Crippen LogP contribution in [0, 0.1) is 6.92 Å². The molecule has 0 spiro atoms. The van der Waals surface area contributed by atoms with Gasteiger partial charge in [0.25, 0.3) is 0 Å². The third kappa shape index (κ3) is 4.74. The van der Waals surface area contributed by atoms with Gasteiger partial charge < -0.3 is 9.84 Å². The number of aryl methyl sites for hydroxylation is 1. The number of aromatic carboxylic acids is 1. The average Bonchev–Trinajstić information content (AvgIpc) is 2.46. The van der Waals surface area contributed by atoms with Crippen LogP contribution in [0.15, 0.2) is 23.1 Å². The molecule has 0 amide bonds. The molecule has 7 nitrogen and oxygen atoms in total. The molecule has 1 atom stereocenters. The van der Waals surface area contributed by atoms with Crippen molar-refractivity contribution >= 4 is 16.0 Å². The molecule has 0 aliphatic carbocycles. The fourth-order valence-corrected chi connectivity index (χ4v) is 3.84. The normalized spacial score (nSPS) is 19.7. The number of nitrogens with one attached hydrogen (secondary N) is 1. The maximum atomic E-state index is 12.3. The highest BCUT2D eigenvalue weighted by molar-refractivity contribution is 7.89. The lowest BCUT2D eigenvalue weighted by molar-refractivity contribution is -0.0172. The Morgan fingerprint density at radius 3 is 2.83 bits per heavy atom. The molecule has 0 bridgehead atoms. The molecular weight excluding hydrogens is 320 g/mol. The van der Waals surface area contributed by atoms with Gasteiger partial charge in [0.15, 0.2) is 0 Å². The van der Waals surface area contributed by atoms with E-state index in [2.05, 4.69) is 9.62 Å². The van der Waals surface area contributed by atoms with Gasteiger partial charge >= 0.3 is 5.97 Å². The van der Waals surface area contributed by atoms with Crippen molar-refractivity contribution in [1.82, 2.24) is 9.62 Å². The number of sulfonamides is 1. The summed E-state index contributed by atoms with van der Waals surface area (Å²) >= 11 is 0. The number of rotatable bonds is 6. The van der Waals surface area contributed by atoms with E-state index in [0.717, 1.165) is 13.1 Å². The molecule has 1 saturated heterocycles. The smallest absolute Gasteiger partial charge is 0.335 e. The first-order chi connectivity index (χ1) is 10.8. The van der Waals surface area contributed by atoms with Crippen LogP contribution in [0.3, 0.4) is 0 Å². The summed E-state index contributed by atoms with van der Waals surface area (Å²) in [6.45, 7) is 6.72. The predicted octanol–water partition coefficient (Wildman–Crippen LogP) is 0.692. The number of carboxylic acids is 1. The second-order valence-electron chi connectivity index (χ2n) is 5.67. The minimum Gasteiger partial charge on any atom is -0.478 e. The van der Waals surface area contributed by atoms with E-state index in [-0.39, 0.29) is 16.6 Å². The molecule has 2 rings (SSSR count). The number of hydrogen-bond acceptors (Lipinski definition) is 5. The Balaban J connectivity index is 1.97. The van der Waals surface area contributed by atoms with E-state index in [1.54, 1.807) is 6.92 Å². The number of nitrogens with zero attached hydrogens (tertiary/aromatic N) is 1. The number of hydrogen-bond donors (Lipinski definition) is 2. The van der Waals surface area contributed by atoms with E-state index >= 15 is 0 Å². The number of morpholine rings is 1. The molecule has 1 heterocycles. The SMILES string of the molecule is Cc1cc(C(=O)O)ccc1S(=O)(=O)NCCN1CCOC(C)C1. The molecule has 1 aromatic carbocycles. The highest BCUT2D eigenvalue weighted by Crippen LogP contribution is 2.16. The van der Waals surface area contributed by atoms with E-state index < -0.39 is 16.0 Å². The van der Waals surface area contributed by atoms with Gasteiger partial charge in [0.1, 0.15) is 0 Å². The number of ether oxygens (including phenoxy) is 1. The van der Waals surface area contributed by atoms with Crippen molar-refractivity contribution in [2.24, 2.45) is 0 Å². The minimum atomic E-state index is -3.65. The number of carboxylic acid groups (broad SMARTS) is 1. The van der Waals surface area contributed by atoms with Crippen LogP contribution in [-0.2, 0) is 14.8 Å². The summed E-state index contributed by atoms with van der Waals surface area (Å²) in [5.74, 6) is -1.08. The van der Waals surface area contributed by atoms with Crippen molar-refractivity contribution in [3.8, 4) is 0 Å². The van der Waals surface area contributed by atoms with E-state index in [1.165, 1.54) is 18.2 Å². The molecule has 0 aromatic heterocycles. The molecule has 0 radical (unpaired) electrons. The Bertz CT molecular complexity index is 674. The molecule has 1 aliphatic rings. The number of carbonyl (C=O) groups is 1. The van der Waals surface area contributed by atoms with E-state index in [0.29, 0.717) is 25.3 Å². The Labute approximate surface area is 136 Å². The van der Waals surface area contributed by atoms with Crippen LogP contribution in [0.5, 0.6) is 0 Å². The summed E-state index contributed by atoms with van der Waals surface area (Å²) in [5.41, 5.74) is 0.487. The fraction of sp³-hybridized carbons (Fsp3) is 0.533. The van der Waals surface area contributed by atoms with Crippen LogP contribution in [0.4, 0.5) is 0 Å². The second-order valence-corrected chi connectivity index (χ2v) is 7.40. The third-order valence-corrected chi connectivity index (χ3v) is 5.38. The summed E-state index contributed by atoms with van der Waals surface area (Å²) in [7, 11) is -3.65. The first-order valence-corrected chi connectivity index (χ1v) is 8.95. The summed E-state index contributed by atoms with van der Waals surface area (Å²) < 4.78 is 32.7. The third-order valence-electron chi connectivity index (χ3n) is 3.76. The fourth-order valence-electron chi connectivity index (χ4n) is 2.59. The Hall–Kier alpha value is -1.48. The van der Waals surface area contributed by atoms with Crippen LogP contribution in [0.2, 0.25) is 0 Å². The highest BCUT2D eigenvalue weighted by atomic mass is 32.2. The van der Waals surface area contributed by atoms with Crippen molar-refractivity contribution < 1.29 is 23.1 Å². The zero-order valence-corrected chi connectivity index (χ0v) is 14.1. The predicted molar refractivity (Wildman–Crippen MR) is 85.2 cm³/mol. The van der Waals surface area contributed by atoms with Gasteiger partial charge in [-0.2, -0.15) is 0 Å². The summed E-state index contributed by atoms with van der Waals surface area (Å²) in [5, 5.41) is 8.93. The van der Waals surface area contributed by atoms with Crippen molar-refractivity contribution in [3.63, 3.8) is 0 Å². The Morgan fingerprint density at radius 1 is 1.48 bits per heavy atom. The molecule has 0 saturated carbocycles. The minimum absolute atomic E-state index is 0.0729. The van der Waals surface area contributed by atoms with Crippen molar-refractivity contribution in [2.45, 2.75) is 24.8 Å². The van der Waals surface area contributed by atoms with Gasteiger partial charge in [0, 0.05) is 26.2 Å². The van der Waals surface area contributed by atoms with Gasteiger partial charge in [-0.1, -0.05) is 0 Å². The molecular formula is C15H22N2O5S. The van der Waals surface area contributed by atoms with Gasteiger partial charge in [-0.3, -0.25) is 4.90 Å². The maximum absolute atomic E-state index is 12.3. The highest BCUT2D eigenvalue weighted by Gasteiger charge is 2.20. The van der Waals surface area contributed by atoms with Crippen molar-refractivity contribution in [3.05, 3.63) is 29.3 Å². The molecule has 23 heavy (non-hydrogen) atoms. The zero-order valence-electron chi connectivity index (χ0n) is 13.3. The monoisotopic (exact) mass is 342 g/mol. The molecule has 128 valence electrons. The van der Waals surface area contributed by atoms with Crippen molar-refractivity contribution in [2.75, 3.05) is 32.8 Å². The standard InChI is InChI=1S/C15H22N2O5S/c1-11-9-13(15(18)19)3-4-14(11)23(20,21)16-5-6-17-7-8-22-12(2)10-17/h3-4,9,12,16H,5-8,10H2,1-2H3,(H,18,19). The lowest BCUT2D eigenvalue weighted by atomic mass is 10.1. The summed E-state index contributed by atoms with van der Waals surface area (Å²) in [4.78, 5) is 13.2. The lowest BCUT2D eigenvalue weighted by Gasteiger charge is -2.30. The van der Waals surface area contributed by atoms with E-state index in [1.807, 2.05) is 6.92 Å². The van der Waals surface area contributed by atoms with Crippen LogP contribution >= 0.6 is 0 Å².